The second kappa shape index (κ2) is 32.1. The number of rotatable bonds is 9. The topological polar surface area (TPSA) is 0 Å². The fourth-order valence-electron chi connectivity index (χ4n) is 21.6. The lowest BCUT2D eigenvalue weighted by molar-refractivity contribution is -0.0819. The van der Waals surface area contributed by atoms with Gasteiger partial charge < -0.3 is 0 Å². The van der Waals surface area contributed by atoms with Crippen LogP contribution in [-0.2, 0) is 0 Å². The Kier molecular flexibility index (Phi) is 18.1. The van der Waals surface area contributed by atoms with Crippen molar-refractivity contribution in [2.75, 3.05) is 0 Å². The van der Waals surface area contributed by atoms with E-state index in [1.165, 1.54) is 186 Å². The Morgan fingerprint density at radius 3 is 0.873 bits per heavy atom. The summed E-state index contributed by atoms with van der Waals surface area (Å²) in [5.41, 5.74) is 0. The van der Waals surface area contributed by atoms with Crippen molar-refractivity contribution in [3.63, 3.8) is 0 Å². The zero-order chi connectivity index (χ0) is 70.5. The van der Waals surface area contributed by atoms with Gasteiger partial charge in [-0.25, -0.2) is 0 Å². The summed E-state index contributed by atoms with van der Waals surface area (Å²) < 4.78 is 130. The van der Waals surface area contributed by atoms with Crippen LogP contribution in [0.15, 0.2) is 0 Å². The van der Waals surface area contributed by atoms with E-state index in [0.717, 1.165) is 140 Å². The van der Waals surface area contributed by atoms with E-state index in [4.69, 9.17) is 23.3 Å². The van der Waals surface area contributed by atoms with Crippen molar-refractivity contribution in [3.05, 3.63) is 0 Å². The first-order chi connectivity index (χ1) is 44.4. The van der Waals surface area contributed by atoms with Crippen LogP contribution in [0.4, 0.5) is 0 Å². The van der Waals surface area contributed by atoms with Crippen molar-refractivity contribution in [3.8, 4) is 0 Å². The van der Waals surface area contributed by atoms with E-state index in [0.29, 0.717) is 53.3 Å². The van der Waals surface area contributed by atoms with Gasteiger partial charge in [-0.15, -0.1) is 0 Å². The second-order valence-corrected chi connectivity index (χ2v) is 30.7. The molecule has 0 heteroatoms. The molecule has 7 unspecified atom stereocenters. The van der Waals surface area contributed by atoms with Gasteiger partial charge in [-0.3, -0.25) is 0 Å². The van der Waals surface area contributed by atoms with E-state index in [1.807, 2.05) is 0 Å². The Hall–Kier alpha value is 0. The van der Waals surface area contributed by atoms with Crippen LogP contribution in [0.25, 0.3) is 0 Å². The molecule has 22 fully saturated rings. The summed E-state index contributed by atoms with van der Waals surface area (Å²) in [7, 11) is 0. The number of hydrogen-bond donors (Lipinski definition) is 0. The van der Waals surface area contributed by atoms with Gasteiger partial charge in [0.05, 0.1) is 0 Å². The lowest BCUT2D eigenvalue weighted by Gasteiger charge is -2.58. The third kappa shape index (κ3) is 16.8. The summed E-state index contributed by atoms with van der Waals surface area (Å²) in [5, 5.41) is 0. The van der Waals surface area contributed by atoms with Crippen LogP contribution < -0.4 is 0 Å². The lowest BCUT2D eigenvalue weighted by Crippen LogP contribution is -2.49. The zero-order valence-electron chi connectivity index (χ0n) is 70.5. The molecule has 0 saturated heterocycles. The van der Waals surface area contributed by atoms with E-state index in [2.05, 4.69) is 6.92 Å². The maximum Gasteiger partial charge on any atom is 0.0303 e. The molecular formula is C79H142. The first-order valence-corrected chi connectivity index (χ1v) is 35.9. The molecule has 22 aliphatic rings. The normalized spacial score (nSPS) is 50.5. The fourth-order valence-corrected chi connectivity index (χ4v) is 21.6. The predicted molar refractivity (Wildman–Crippen MR) is 346 cm³/mol. The summed E-state index contributed by atoms with van der Waals surface area (Å²) in [6, 6.07) is 0. The van der Waals surface area contributed by atoms with Gasteiger partial charge in [-0.05, 0) is 296 Å². The highest BCUT2D eigenvalue weighted by atomic mass is 14.6. The van der Waals surface area contributed by atoms with E-state index in [-0.39, 0.29) is 5.89 Å². The Morgan fingerprint density at radius 2 is 0.582 bits per heavy atom. The van der Waals surface area contributed by atoms with Gasteiger partial charge >= 0.3 is 0 Å². The second-order valence-electron chi connectivity index (χ2n) is 30.7. The van der Waals surface area contributed by atoms with Crippen molar-refractivity contribution >= 4 is 0 Å². The first-order valence-electron chi connectivity index (χ1n) is 44.4. The SMILES string of the molecule is [2H]C([2H])(C)C1C2CC1C2.[2H]C([2H])(C)C1C2CC3CC(C2)CC1C3.[2H]C([2H])(C)C1C2CCC1C2.[2H]C([2H])(C)C1C2CCC1CC2.[2H]C([2H])(C)C1CC2CC1C2.[2H]C([2H])(C)C1CC2CCC1C2.[2H]C([2H])(C)C1CC2CCC1CC2.[2H]C([2H])(C)C1CCCCCC1.[2H]C1(CC)CCCC1. The highest BCUT2D eigenvalue weighted by Crippen LogP contribution is 2.60. The van der Waals surface area contributed by atoms with Gasteiger partial charge in [-0.2, -0.15) is 0 Å². The molecule has 0 radical (unpaired) electrons. The van der Waals surface area contributed by atoms with Crippen LogP contribution in [-0.4, -0.2) is 0 Å². The molecule has 0 aromatic rings. The van der Waals surface area contributed by atoms with E-state index in [9.17, 15) is 0 Å². The molecule has 22 rings (SSSR count). The average Bonchev–Trinajstić information content (AvgIpc) is 1.25. The average molecular weight is 1110 g/mol. The molecular weight excluding hydrogens is 949 g/mol. The highest BCUT2D eigenvalue weighted by molar-refractivity contribution is 5.01. The largest absolute Gasteiger partial charge is 0.0651 e. The predicted octanol–water partition coefficient (Wildman–Crippen LogP) is 25.2. The summed E-state index contributed by atoms with van der Waals surface area (Å²) in [6.45, 7) is 16.1. The molecule has 0 nitrogen and oxygen atoms in total. The van der Waals surface area contributed by atoms with Crippen LogP contribution in [0.1, 0.15) is 374 Å². The maximum absolute atomic E-state index is 7.97. The van der Waals surface area contributed by atoms with Gasteiger partial charge in [0.15, 0.2) is 0 Å². The van der Waals surface area contributed by atoms with Gasteiger partial charge in [0, 0.05) is 23.3 Å². The smallest absolute Gasteiger partial charge is 0.0303 e. The molecule has 0 amide bonds. The molecule has 458 valence electrons. The van der Waals surface area contributed by atoms with Crippen LogP contribution >= 0.6 is 0 Å². The van der Waals surface area contributed by atoms with Crippen molar-refractivity contribution in [1.29, 1.82) is 0 Å². The molecule has 79 heavy (non-hydrogen) atoms. The van der Waals surface area contributed by atoms with Gasteiger partial charge in [0.25, 0.3) is 0 Å². The van der Waals surface area contributed by atoms with E-state index >= 15 is 0 Å². The number of fused-ring (bicyclic) bond motifs is 9. The minimum atomic E-state index is -0.940. The molecule has 0 spiro atoms. The fraction of sp³-hybridized carbons (Fsp3) is 1.00. The van der Waals surface area contributed by atoms with Gasteiger partial charge in [0.2, 0.25) is 0 Å². The van der Waals surface area contributed by atoms with E-state index in [1.54, 1.807) is 55.4 Å². The van der Waals surface area contributed by atoms with Gasteiger partial charge in [-0.1, -0.05) is 203 Å². The molecule has 22 saturated carbocycles. The monoisotopic (exact) mass is 1110 g/mol. The molecule has 0 aliphatic heterocycles. The Bertz CT molecular complexity index is 2250. The minimum Gasteiger partial charge on any atom is -0.0651 e. The molecule has 0 heterocycles. The molecule has 0 N–H and O–H groups in total. The quantitative estimate of drug-likeness (QED) is 0.202. The lowest BCUT2D eigenvalue weighted by atomic mass is 9.47. The first kappa shape index (κ1) is 44.4. The molecule has 22 aliphatic carbocycles. The molecule has 16 bridgehead atoms. The van der Waals surface area contributed by atoms with Gasteiger partial charge in [0.1, 0.15) is 0 Å². The zero-order valence-corrected chi connectivity index (χ0v) is 53.5. The maximum atomic E-state index is 7.97. The summed E-state index contributed by atoms with van der Waals surface area (Å²) in [6.07, 6.45) is 39.9. The Morgan fingerprint density at radius 1 is 0.241 bits per heavy atom. The van der Waals surface area contributed by atoms with Crippen LogP contribution in [0, 0.1) is 148 Å². The van der Waals surface area contributed by atoms with Crippen molar-refractivity contribution < 1.29 is 23.3 Å². The summed E-state index contributed by atoms with van der Waals surface area (Å²) in [4.78, 5) is 0. The minimum absolute atomic E-state index is 0.0139. The van der Waals surface area contributed by atoms with E-state index < -0.39 is 51.0 Å². The van der Waals surface area contributed by atoms with Crippen LogP contribution in [0.2, 0.25) is 0 Å². The third-order valence-corrected chi connectivity index (χ3v) is 26.5. The van der Waals surface area contributed by atoms with Crippen molar-refractivity contribution in [1.82, 2.24) is 0 Å². The Balaban J connectivity index is 0.000000127. The summed E-state index contributed by atoms with van der Waals surface area (Å²) in [5.74, 6) is 15.7. The number of hydrogen-bond acceptors (Lipinski definition) is 0. The standard InChI is InChI=1S/C12H20.C10H18.2C9H16.C9H18.2C8H14.C7H12.C7H14/c1-2-12-10-4-8-3-9(6-10)7-11(12)5-8;1-2-9-7-8-3-5-10(9)6-4-8;1-2-8-5-7-3-4-9(8)6-7;1-2-9-7-3-4-8(9)6-5-7;1-2-9-7-5-3-4-6-8-9;1-2-7-3-6-4-8(7)5-6;1-2-8-6-3-4-7(8)5-6;1-2-7-5-3-6(7)4-5;1-2-7-5-3-4-6-7/h8-12H,2-7H2,1H3;8-10H,2-7H2,1H3;2*7-9H,2-6H2,1H3;9H,2-8H2,1H3;2*6-8H,2-5H2,1H3;5-7H,2-4H2,1H3;7H,2-6H2,1H3/i8*2D2;7D. The van der Waals surface area contributed by atoms with Crippen molar-refractivity contribution in [2.24, 2.45) is 148 Å². The molecule has 0 aromatic carbocycles. The molecule has 0 aromatic heterocycles. The summed E-state index contributed by atoms with van der Waals surface area (Å²) >= 11 is 0. The van der Waals surface area contributed by atoms with Crippen molar-refractivity contribution in [2.45, 2.75) is 351 Å². The third-order valence-electron chi connectivity index (χ3n) is 26.5. The Labute approximate surface area is 520 Å². The van der Waals surface area contributed by atoms with Crippen LogP contribution in [0.5, 0.6) is 0 Å². The highest BCUT2D eigenvalue weighted by Gasteiger charge is 2.51. The molecule has 7 atom stereocenters. The van der Waals surface area contributed by atoms with Crippen LogP contribution in [0.3, 0.4) is 0 Å².